The van der Waals surface area contributed by atoms with Crippen LogP contribution in [0.3, 0.4) is 0 Å². The standard InChI is InChI=1S/C22H27N2O9P/c1-2-3-4-5-18(25)24-17-9-6-13-12-14(7-8-15(13)23-17)32-22-21(28)20(27)19(26)16(33-22)10-11-34(29,30)31/h1,6-9,12,16,19-22,26-28H,3-5,10-11H2,(H,23,24,25)(H2,29,30,31)/t16-,19-,20+,21+,22+/m1/s1. The number of anilines is 1. The highest BCUT2D eigenvalue weighted by Crippen LogP contribution is 2.37. The van der Waals surface area contributed by atoms with Crippen LogP contribution in [-0.4, -0.2) is 72.9 Å². The van der Waals surface area contributed by atoms with Gasteiger partial charge >= 0.3 is 7.60 Å². The number of rotatable bonds is 9. The molecule has 0 radical (unpaired) electrons. The van der Waals surface area contributed by atoms with Gasteiger partial charge in [-0.15, -0.1) is 12.3 Å². The Morgan fingerprint density at radius 3 is 2.65 bits per heavy atom. The molecule has 6 N–H and O–H groups in total. The quantitative estimate of drug-likeness (QED) is 0.165. The average molecular weight is 494 g/mol. The fourth-order valence-corrected chi connectivity index (χ4v) is 4.08. The van der Waals surface area contributed by atoms with Gasteiger partial charge in [-0.25, -0.2) is 4.98 Å². The summed E-state index contributed by atoms with van der Waals surface area (Å²) >= 11 is 0. The van der Waals surface area contributed by atoms with Crippen LogP contribution in [-0.2, 0) is 14.1 Å². The van der Waals surface area contributed by atoms with Gasteiger partial charge in [-0.05, 0) is 43.2 Å². The molecule has 3 rings (SSSR count). The van der Waals surface area contributed by atoms with Crippen LogP contribution in [0.5, 0.6) is 5.75 Å². The highest BCUT2D eigenvalue weighted by Gasteiger charge is 2.45. The van der Waals surface area contributed by atoms with Crippen molar-refractivity contribution < 1.29 is 43.9 Å². The Hall–Kier alpha value is -2.55. The minimum absolute atomic E-state index is 0.195. The molecule has 0 bridgehead atoms. The third kappa shape index (κ3) is 6.98. The van der Waals surface area contributed by atoms with Crippen molar-refractivity contribution >= 4 is 30.2 Å². The van der Waals surface area contributed by atoms with Gasteiger partial charge in [0.25, 0.3) is 0 Å². The number of hydrogen-bond donors (Lipinski definition) is 6. The fraction of sp³-hybridized carbons (Fsp3) is 0.455. The lowest BCUT2D eigenvalue weighted by atomic mass is 9.97. The van der Waals surface area contributed by atoms with E-state index in [0.29, 0.717) is 29.6 Å². The minimum Gasteiger partial charge on any atom is -0.462 e. The van der Waals surface area contributed by atoms with E-state index in [0.717, 1.165) is 0 Å². The molecule has 2 aromatic rings. The van der Waals surface area contributed by atoms with Crippen molar-refractivity contribution in [1.82, 2.24) is 4.98 Å². The first kappa shape index (κ1) is 26.1. The first-order valence-corrected chi connectivity index (χ1v) is 12.4. The predicted octanol–water partition coefficient (Wildman–Crippen LogP) is 0.731. The van der Waals surface area contributed by atoms with Gasteiger partial charge in [-0.3, -0.25) is 9.36 Å². The molecule has 1 saturated heterocycles. The molecular weight excluding hydrogens is 467 g/mol. The summed E-state index contributed by atoms with van der Waals surface area (Å²) in [5, 5.41) is 33.8. The van der Waals surface area contributed by atoms with Crippen molar-refractivity contribution in [3.05, 3.63) is 30.3 Å². The van der Waals surface area contributed by atoms with Crippen molar-refractivity contribution in [2.24, 2.45) is 0 Å². The third-order valence-corrected chi connectivity index (χ3v) is 6.12. The molecule has 1 amide bonds. The van der Waals surface area contributed by atoms with E-state index in [1.807, 2.05) is 0 Å². The van der Waals surface area contributed by atoms with E-state index in [2.05, 4.69) is 16.2 Å². The Labute approximate surface area is 195 Å². The molecule has 11 nitrogen and oxygen atoms in total. The van der Waals surface area contributed by atoms with Crippen molar-refractivity contribution in [2.75, 3.05) is 11.5 Å². The van der Waals surface area contributed by atoms with Crippen LogP contribution in [0.2, 0.25) is 0 Å². The number of aliphatic hydroxyl groups excluding tert-OH is 3. The van der Waals surface area contributed by atoms with Gasteiger partial charge < -0.3 is 39.9 Å². The van der Waals surface area contributed by atoms with E-state index in [9.17, 15) is 24.7 Å². The Morgan fingerprint density at radius 1 is 1.18 bits per heavy atom. The van der Waals surface area contributed by atoms with Crippen LogP contribution in [0.1, 0.15) is 25.7 Å². The number of carbonyl (C=O) groups is 1. The van der Waals surface area contributed by atoms with E-state index in [-0.39, 0.29) is 24.5 Å². The molecule has 34 heavy (non-hydrogen) atoms. The lowest BCUT2D eigenvalue weighted by Crippen LogP contribution is -2.59. The smallest absolute Gasteiger partial charge is 0.325 e. The zero-order valence-corrected chi connectivity index (χ0v) is 19.0. The number of nitrogens with one attached hydrogen (secondary N) is 1. The fourth-order valence-electron chi connectivity index (χ4n) is 3.48. The lowest BCUT2D eigenvalue weighted by Gasteiger charge is -2.40. The third-order valence-electron chi connectivity index (χ3n) is 5.28. The van der Waals surface area contributed by atoms with E-state index in [1.54, 1.807) is 30.3 Å². The second kappa shape index (κ2) is 11.3. The van der Waals surface area contributed by atoms with Gasteiger partial charge in [-0.1, -0.05) is 0 Å². The number of unbranched alkanes of at least 4 members (excludes halogenated alkanes) is 1. The summed E-state index contributed by atoms with van der Waals surface area (Å²) in [5.74, 6) is 2.93. The van der Waals surface area contributed by atoms with Crippen molar-refractivity contribution in [3.8, 4) is 18.1 Å². The van der Waals surface area contributed by atoms with Crippen LogP contribution in [0, 0.1) is 12.3 Å². The number of benzene rings is 1. The molecule has 0 spiro atoms. The minimum atomic E-state index is -4.35. The highest BCUT2D eigenvalue weighted by molar-refractivity contribution is 7.51. The van der Waals surface area contributed by atoms with E-state index < -0.39 is 44.5 Å². The van der Waals surface area contributed by atoms with Crippen LogP contribution >= 0.6 is 7.60 Å². The highest BCUT2D eigenvalue weighted by atomic mass is 31.2. The number of nitrogens with zero attached hydrogens (tertiary/aromatic N) is 1. The number of terminal acetylenes is 1. The molecule has 1 aromatic heterocycles. The first-order valence-electron chi connectivity index (χ1n) is 10.6. The Bertz CT molecular complexity index is 1100. The second-order valence-corrected chi connectivity index (χ2v) is 9.74. The zero-order chi connectivity index (χ0) is 24.9. The normalized spacial score (nSPS) is 25.0. The molecule has 1 aromatic carbocycles. The number of hydrogen-bond acceptors (Lipinski definition) is 8. The largest absolute Gasteiger partial charge is 0.462 e. The Morgan fingerprint density at radius 2 is 1.94 bits per heavy atom. The van der Waals surface area contributed by atoms with Crippen molar-refractivity contribution in [3.63, 3.8) is 0 Å². The molecule has 5 atom stereocenters. The summed E-state index contributed by atoms with van der Waals surface area (Å²) in [4.78, 5) is 34.5. The number of aliphatic hydroxyl groups is 3. The van der Waals surface area contributed by atoms with E-state index in [1.165, 1.54) is 0 Å². The van der Waals surface area contributed by atoms with Gasteiger partial charge in [-0.2, -0.15) is 0 Å². The van der Waals surface area contributed by atoms with E-state index in [4.69, 9.17) is 25.7 Å². The van der Waals surface area contributed by atoms with Gasteiger partial charge in [0.1, 0.15) is 29.9 Å². The van der Waals surface area contributed by atoms with Gasteiger partial charge in [0, 0.05) is 18.2 Å². The van der Waals surface area contributed by atoms with Crippen LogP contribution in [0.25, 0.3) is 10.9 Å². The molecule has 1 fully saturated rings. The van der Waals surface area contributed by atoms with Crippen molar-refractivity contribution in [2.45, 2.75) is 56.4 Å². The monoisotopic (exact) mass is 494 g/mol. The lowest BCUT2D eigenvalue weighted by molar-refractivity contribution is -0.272. The number of amides is 1. The molecule has 2 heterocycles. The predicted molar refractivity (Wildman–Crippen MR) is 122 cm³/mol. The summed E-state index contributed by atoms with van der Waals surface area (Å²) in [6.45, 7) is 0. The first-order chi connectivity index (χ1) is 16.1. The summed E-state index contributed by atoms with van der Waals surface area (Å²) in [6.07, 6.45) is -1.54. The molecule has 0 aliphatic carbocycles. The molecule has 0 unspecified atom stereocenters. The summed E-state index contributed by atoms with van der Waals surface area (Å²) in [5.41, 5.74) is 0.564. The number of ether oxygens (including phenoxy) is 2. The topological polar surface area (TPSA) is 179 Å². The second-order valence-electron chi connectivity index (χ2n) is 7.97. The number of fused-ring (bicyclic) bond motifs is 1. The maximum atomic E-state index is 11.9. The molecule has 12 heteroatoms. The molecular formula is C22H27N2O9P. The number of aromatic nitrogens is 1. The molecule has 184 valence electrons. The summed E-state index contributed by atoms with van der Waals surface area (Å²) in [6, 6.07) is 8.12. The zero-order valence-electron chi connectivity index (χ0n) is 18.1. The van der Waals surface area contributed by atoms with Gasteiger partial charge in [0.05, 0.1) is 17.8 Å². The van der Waals surface area contributed by atoms with Crippen LogP contribution in [0.4, 0.5) is 5.82 Å². The Kier molecular flexibility index (Phi) is 8.62. The summed E-state index contributed by atoms with van der Waals surface area (Å²) < 4.78 is 22.3. The van der Waals surface area contributed by atoms with Gasteiger partial charge in [0.2, 0.25) is 12.2 Å². The molecule has 1 aliphatic rings. The average Bonchev–Trinajstić information content (AvgIpc) is 2.78. The van der Waals surface area contributed by atoms with Gasteiger partial charge in [0.15, 0.2) is 0 Å². The van der Waals surface area contributed by atoms with Crippen LogP contribution < -0.4 is 10.1 Å². The maximum absolute atomic E-state index is 11.9. The maximum Gasteiger partial charge on any atom is 0.325 e. The summed E-state index contributed by atoms with van der Waals surface area (Å²) in [7, 11) is -4.35. The number of pyridine rings is 1. The van der Waals surface area contributed by atoms with Crippen molar-refractivity contribution in [1.29, 1.82) is 0 Å². The molecule has 0 saturated carbocycles. The SMILES string of the molecule is C#CCCCC(=O)Nc1ccc2cc(O[C@H]3O[C@H](CCP(=O)(O)O)[C@@H](O)[C@H](O)[C@@H]3O)ccc2n1. The van der Waals surface area contributed by atoms with Crippen LogP contribution in [0.15, 0.2) is 30.3 Å². The molecule has 1 aliphatic heterocycles. The van der Waals surface area contributed by atoms with E-state index >= 15 is 0 Å². The Balaban J connectivity index is 1.68. The number of carbonyl (C=O) groups excluding carboxylic acids is 1.